The van der Waals surface area contributed by atoms with Crippen LogP contribution in [0.2, 0.25) is 0 Å². The van der Waals surface area contributed by atoms with E-state index in [2.05, 4.69) is 20.9 Å². The van der Waals surface area contributed by atoms with Gasteiger partial charge in [0.1, 0.15) is 10.2 Å². The molecule has 4 nitrogen and oxygen atoms in total. The number of pyridine rings is 1. The molecule has 0 spiro atoms. The van der Waals surface area contributed by atoms with Crippen LogP contribution >= 0.6 is 15.9 Å². The number of ether oxygens (including phenoxy) is 1. The van der Waals surface area contributed by atoms with Crippen LogP contribution < -0.4 is 4.90 Å². The van der Waals surface area contributed by atoms with Crippen LogP contribution in [0.4, 0.5) is 10.5 Å². The molecule has 0 aliphatic heterocycles. The molecule has 94 valence electrons. The Bertz CT molecular complexity index is 492. The van der Waals surface area contributed by atoms with Crippen molar-refractivity contribution in [3.63, 3.8) is 0 Å². The average molecular weight is 304 g/mol. The number of rotatable bonds is 1. The molecule has 5 heteroatoms. The monoisotopic (exact) mass is 303 g/mol. The number of amides is 1. The Hall–Kier alpha value is -1.10. The lowest BCUT2D eigenvalue weighted by molar-refractivity contribution is 0.0589. The molecule has 0 aromatic carbocycles. The van der Waals surface area contributed by atoms with Gasteiger partial charge in [0.15, 0.2) is 0 Å². The molecule has 0 unspecified atom stereocenters. The smallest absolute Gasteiger partial charge is 0.414 e. The fourth-order valence-corrected chi connectivity index (χ4v) is 1.67. The summed E-state index contributed by atoms with van der Waals surface area (Å²) in [5.74, 6) is 0. The van der Waals surface area contributed by atoms with Gasteiger partial charge in [0.05, 0.1) is 5.69 Å². The van der Waals surface area contributed by atoms with E-state index in [9.17, 15) is 4.79 Å². The number of halogens is 1. The quantitative estimate of drug-likeness (QED) is 0.745. The predicted octanol–water partition coefficient (Wildman–Crippen LogP) is 3.52. The van der Waals surface area contributed by atoms with Gasteiger partial charge in [-0.15, -0.1) is 0 Å². The number of anilines is 1. The van der Waals surface area contributed by atoms with Crippen molar-refractivity contribution < 1.29 is 13.6 Å². The third-order valence-electron chi connectivity index (χ3n) is 1.74. The summed E-state index contributed by atoms with van der Waals surface area (Å²) in [7, 11) is 0. The van der Waals surface area contributed by atoms with E-state index in [1.165, 1.54) is 12.1 Å². The van der Waals surface area contributed by atoms with E-state index >= 15 is 0 Å². The molecule has 0 aliphatic carbocycles. The molecule has 0 atom stereocenters. The molecule has 0 saturated carbocycles. The lowest BCUT2D eigenvalue weighted by Gasteiger charge is -2.24. The molecule has 0 N–H and O–H groups in total. The van der Waals surface area contributed by atoms with Crippen LogP contribution in [0.3, 0.4) is 0 Å². The highest BCUT2D eigenvalue weighted by molar-refractivity contribution is 9.10. The summed E-state index contributed by atoms with van der Waals surface area (Å²) in [4.78, 5) is 16.9. The second kappa shape index (κ2) is 5.04. The standard InChI is InChI=1S/C12H17BrN2O2/c1-8-6-9(7-10(13)14-8)15(5)11(16)17-12(2,3)4/h6-7H,1-5H3/i5D3. The van der Waals surface area contributed by atoms with Gasteiger partial charge in [-0.05, 0) is 55.8 Å². The lowest BCUT2D eigenvalue weighted by atomic mass is 10.2. The third-order valence-corrected chi connectivity index (χ3v) is 2.15. The minimum atomic E-state index is -2.64. The first-order valence-electron chi connectivity index (χ1n) is 6.57. The SMILES string of the molecule is [2H]C([2H])([2H])N(C(=O)OC(C)(C)C)c1cc(C)nc(Br)c1. The van der Waals surface area contributed by atoms with E-state index in [0.717, 1.165) is 0 Å². The Morgan fingerprint density at radius 2 is 2.18 bits per heavy atom. The summed E-state index contributed by atoms with van der Waals surface area (Å²) < 4.78 is 28.2. The first-order valence-corrected chi connectivity index (χ1v) is 5.87. The molecule has 0 radical (unpaired) electrons. The topological polar surface area (TPSA) is 42.4 Å². The molecule has 0 aliphatic rings. The molecule has 1 aromatic heterocycles. The highest BCUT2D eigenvalue weighted by atomic mass is 79.9. The lowest BCUT2D eigenvalue weighted by Crippen LogP contribution is -2.34. The number of carbonyl (C=O) groups is 1. The van der Waals surface area contributed by atoms with Crippen molar-refractivity contribution in [2.45, 2.75) is 33.3 Å². The van der Waals surface area contributed by atoms with E-state index in [1.807, 2.05) is 0 Å². The van der Waals surface area contributed by atoms with Crippen LogP contribution in [0, 0.1) is 6.92 Å². The highest BCUT2D eigenvalue weighted by Gasteiger charge is 2.20. The molecule has 0 fully saturated rings. The van der Waals surface area contributed by atoms with E-state index in [1.54, 1.807) is 27.7 Å². The Morgan fingerprint density at radius 1 is 1.53 bits per heavy atom. The van der Waals surface area contributed by atoms with E-state index < -0.39 is 18.7 Å². The zero-order valence-electron chi connectivity index (χ0n) is 13.2. The maximum absolute atomic E-state index is 12.1. The summed E-state index contributed by atoms with van der Waals surface area (Å²) in [5, 5.41) is 0. The van der Waals surface area contributed by atoms with Crippen molar-refractivity contribution in [2.75, 3.05) is 11.9 Å². The molecule has 0 bridgehead atoms. The van der Waals surface area contributed by atoms with Gasteiger partial charge < -0.3 is 4.74 Å². The van der Waals surface area contributed by atoms with Crippen LogP contribution in [0.15, 0.2) is 16.7 Å². The fraction of sp³-hybridized carbons (Fsp3) is 0.500. The minimum Gasteiger partial charge on any atom is -0.443 e. The maximum Gasteiger partial charge on any atom is 0.414 e. The second-order valence-electron chi connectivity index (χ2n) is 4.61. The van der Waals surface area contributed by atoms with Crippen molar-refractivity contribution in [3.8, 4) is 0 Å². The fourth-order valence-electron chi connectivity index (χ4n) is 1.15. The summed E-state index contributed by atoms with van der Waals surface area (Å²) in [6, 6.07) is 2.98. The molecule has 1 amide bonds. The largest absolute Gasteiger partial charge is 0.443 e. The molecule has 1 aromatic rings. The predicted molar refractivity (Wildman–Crippen MR) is 71.3 cm³/mol. The van der Waals surface area contributed by atoms with Crippen LogP contribution in [0.5, 0.6) is 0 Å². The van der Waals surface area contributed by atoms with Gasteiger partial charge >= 0.3 is 6.09 Å². The number of hydrogen-bond acceptors (Lipinski definition) is 3. The molecular weight excluding hydrogens is 284 g/mol. The highest BCUT2D eigenvalue weighted by Crippen LogP contribution is 2.20. The Kier molecular flexibility index (Phi) is 2.93. The maximum atomic E-state index is 12.1. The molecule has 17 heavy (non-hydrogen) atoms. The van der Waals surface area contributed by atoms with Gasteiger partial charge in [-0.2, -0.15) is 0 Å². The van der Waals surface area contributed by atoms with Gasteiger partial charge in [-0.1, -0.05) is 0 Å². The number of nitrogens with zero attached hydrogens (tertiary/aromatic N) is 2. The van der Waals surface area contributed by atoms with Crippen molar-refractivity contribution in [2.24, 2.45) is 0 Å². The third kappa shape index (κ3) is 4.34. The number of hydrogen-bond donors (Lipinski definition) is 0. The zero-order chi connectivity index (χ0) is 15.7. The molecule has 1 heterocycles. The number of aromatic nitrogens is 1. The molecular formula is C12H17BrN2O2. The molecule has 1 rings (SSSR count). The normalized spacial score (nSPS) is 14.5. The first kappa shape index (κ1) is 9.88. The minimum absolute atomic E-state index is 0.207. The first-order chi connectivity index (χ1) is 8.90. The van der Waals surface area contributed by atoms with Crippen molar-refractivity contribution in [1.29, 1.82) is 0 Å². The summed E-state index contributed by atoms with van der Waals surface area (Å²) in [6.45, 7) is 4.10. The van der Waals surface area contributed by atoms with Gasteiger partial charge in [0, 0.05) is 16.8 Å². The summed E-state index contributed by atoms with van der Waals surface area (Å²) in [6.07, 6.45) is -0.921. The van der Waals surface area contributed by atoms with Gasteiger partial charge in [0.2, 0.25) is 0 Å². The second-order valence-corrected chi connectivity index (χ2v) is 5.42. The van der Waals surface area contributed by atoms with Crippen molar-refractivity contribution in [3.05, 3.63) is 22.4 Å². The van der Waals surface area contributed by atoms with Gasteiger partial charge in [-0.25, -0.2) is 9.78 Å². The van der Waals surface area contributed by atoms with Crippen molar-refractivity contribution in [1.82, 2.24) is 4.98 Å². The van der Waals surface area contributed by atoms with E-state index in [0.29, 0.717) is 15.2 Å². The van der Waals surface area contributed by atoms with E-state index in [4.69, 9.17) is 8.85 Å². The van der Waals surface area contributed by atoms with Crippen LogP contribution in [0.1, 0.15) is 30.6 Å². The Balaban J connectivity index is 3.23. The number of aryl methyl sites for hydroxylation is 1. The van der Waals surface area contributed by atoms with Crippen molar-refractivity contribution >= 4 is 27.7 Å². The average Bonchev–Trinajstić information content (AvgIpc) is 2.08. The Labute approximate surface area is 114 Å². The van der Waals surface area contributed by atoms with Crippen LogP contribution in [-0.2, 0) is 4.74 Å². The van der Waals surface area contributed by atoms with E-state index in [-0.39, 0.29) is 5.69 Å². The van der Waals surface area contributed by atoms with Crippen LogP contribution in [0.25, 0.3) is 0 Å². The summed E-state index contributed by atoms with van der Waals surface area (Å²) >= 11 is 3.18. The summed E-state index contributed by atoms with van der Waals surface area (Å²) in [5.41, 5.74) is 0.0192. The Morgan fingerprint density at radius 3 is 2.65 bits per heavy atom. The zero-order valence-corrected chi connectivity index (χ0v) is 11.8. The number of carbonyl (C=O) groups excluding carboxylic acids is 1. The van der Waals surface area contributed by atoms with Crippen LogP contribution in [-0.4, -0.2) is 23.7 Å². The molecule has 0 saturated heterocycles. The van der Waals surface area contributed by atoms with Gasteiger partial charge in [0.25, 0.3) is 0 Å². The van der Waals surface area contributed by atoms with Gasteiger partial charge in [-0.3, -0.25) is 4.90 Å².